The first-order chi connectivity index (χ1) is 14.5. The van der Waals surface area contributed by atoms with Crippen LogP contribution in [0.2, 0.25) is 0 Å². The predicted octanol–water partition coefficient (Wildman–Crippen LogP) is 4.44. The van der Waals surface area contributed by atoms with Crippen LogP contribution in [0.25, 0.3) is 0 Å². The van der Waals surface area contributed by atoms with Crippen molar-refractivity contribution in [3.05, 3.63) is 58.7 Å². The van der Waals surface area contributed by atoms with Gasteiger partial charge in [0.15, 0.2) is 0 Å². The molecule has 0 aliphatic rings. The van der Waals surface area contributed by atoms with E-state index in [4.69, 9.17) is 5.14 Å². The van der Waals surface area contributed by atoms with Crippen LogP contribution >= 0.6 is 0 Å². The van der Waals surface area contributed by atoms with E-state index < -0.39 is 10.0 Å². The standard InChI is InChI=1S/C25H36N2O4S/c1-16(18-9-8-10-19(15-18)32(26,30)31)27-22(28)12-11-17-13-20(24(2,3)4)23(29)21(14-17)25(5,6)7/h8-10,13-16,29H,11-12H2,1-7H3,(H,27,28)(H2,26,30,31)/t16-/m0/s1. The number of aryl methyl sites for hydroxylation is 1. The second kappa shape index (κ2) is 9.24. The number of nitrogens with one attached hydrogen (secondary N) is 1. The van der Waals surface area contributed by atoms with Crippen LogP contribution in [0.1, 0.15) is 83.2 Å². The molecule has 0 bridgehead atoms. The molecule has 32 heavy (non-hydrogen) atoms. The number of amides is 1. The molecule has 7 heteroatoms. The van der Waals surface area contributed by atoms with Gasteiger partial charge in [-0.3, -0.25) is 4.79 Å². The molecule has 2 aromatic rings. The molecule has 0 unspecified atom stereocenters. The van der Waals surface area contributed by atoms with E-state index in [1.54, 1.807) is 19.1 Å². The van der Waals surface area contributed by atoms with Gasteiger partial charge in [0.05, 0.1) is 10.9 Å². The molecule has 1 atom stereocenters. The summed E-state index contributed by atoms with van der Waals surface area (Å²) in [5, 5.41) is 19.0. The highest BCUT2D eigenvalue weighted by Crippen LogP contribution is 2.40. The average Bonchev–Trinajstić information content (AvgIpc) is 2.64. The molecule has 0 spiro atoms. The van der Waals surface area contributed by atoms with E-state index in [9.17, 15) is 18.3 Å². The molecule has 6 nitrogen and oxygen atoms in total. The van der Waals surface area contributed by atoms with Crippen molar-refractivity contribution in [2.75, 3.05) is 0 Å². The largest absolute Gasteiger partial charge is 0.507 e. The molecule has 0 saturated carbocycles. The van der Waals surface area contributed by atoms with Crippen molar-refractivity contribution in [1.82, 2.24) is 5.32 Å². The lowest BCUT2D eigenvalue weighted by Crippen LogP contribution is -2.27. The zero-order valence-corrected chi connectivity index (χ0v) is 20.9. The summed E-state index contributed by atoms with van der Waals surface area (Å²) in [6, 6.07) is 9.87. The van der Waals surface area contributed by atoms with Gasteiger partial charge in [0.1, 0.15) is 5.75 Å². The van der Waals surface area contributed by atoms with Gasteiger partial charge in [-0.15, -0.1) is 0 Å². The summed E-state index contributed by atoms with van der Waals surface area (Å²) in [4.78, 5) is 12.6. The lowest BCUT2D eigenvalue weighted by atomic mass is 9.78. The number of benzene rings is 2. The van der Waals surface area contributed by atoms with Crippen molar-refractivity contribution in [2.45, 2.75) is 83.1 Å². The number of phenolic OH excluding ortho intramolecular Hbond substituents is 1. The lowest BCUT2D eigenvalue weighted by molar-refractivity contribution is -0.121. The Labute approximate surface area is 192 Å². The molecule has 0 aliphatic carbocycles. The van der Waals surface area contributed by atoms with Crippen LogP contribution in [0, 0.1) is 0 Å². The molecule has 0 aromatic heterocycles. The van der Waals surface area contributed by atoms with Crippen LogP contribution in [-0.2, 0) is 32.1 Å². The van der Waals surface area contributed by atoms with Gasteiger partial charge in [0.2, 0.25) is 15.9 Å². The van der Waals surface area contributed by atoms with Crippen LogP contribution in [0.4, 0.5) is 0 Å². The van der Waals surface area contributed by atoms with E-state index in [0.717, 1.165) is 16.7 Å². The summed E-state index contributed by atoms with van der Waals surface area (Å²) < 4.78 is 23.2. The smallest absolute Gasteiger partial charge is 0.238 e. The summed E-state index contributed by atoms with van der Waals surface area (Å²) in [6.45, 7) is 14.1. The number of carbonyl (C=O) groups excluding carboxylic acids is 1. The van der Waals surface area contributed by atoms with E-state index in [1.165, 1.54) is 12.1 Å². The fraction of sp³-hybridized carbons (Fsp3) is 0.480. The van der Waals surface area contributed by atoms with Crippen LogP contribution in [0.15, 0.2) is 41.3 Å². The predicted molar refractivity (Wildman–Crippen MR) is 128 cm³/mol. The minimum Gasteiger partial charge on any atom is -0.507 e. The third-order valence-corrected chi connectivity index (χ3v) is 6.40. The van der Waals surface area contributed by atoms with E-state index >= 15 is 0 Å². The number of primary sulfonamides is 1. The van der Waals surface area contributed by atoms with Crippen molar-refractivity contribution < 1.29 is 18.3 Å². The number of aromatic hydroxyl groups is 1. The van der Waals surface area contributed by atoms with Gasteiger partial charge in [0, 0.05) is 6.42 Å². The third kappa shape index (κ3) is 6.56. The molecule has 2 aromatic carbocycles. The molecule has 0 fully saturated rings. The van der Waals surface area contributed by atoms with Crippen LogP contribution in [-0.4, -0.2) is 19.4 Å². The summed E-state index contributed by atoms with van der Waals surface area (Å²) in [7, 11) is -3.80. The maximum absolute atomic E-state index is 12.6. The maximum atomic E-state index is 12.6. The number of hydrogen-bond acceptors (Lipinski definition) is 4. The Morgan fingerprint density at radius 3 is 2.03 bits per heavy atom. The van der Waals surface area contributed by atoms with Crippen LogP contribution in [0.3, 0.4) is 0 Å². The van der Waals surface area contributed by atoms with E-state index in [2.05, 4.69) is 46.9 Å². The van der Waals surface area contributed by atoms with Gasteiger partial charge in [-0.1, -0.05) is 65.8 Å². The van der Waals surface area contributed by atoms with Gasteiger partial charge in [-0.25, -0.2) is 13.6 Å². The van der Waals surface area contributed by atoms with E-state index in [0.29, 0.717) is 17.7 Å². The molecule has 4 N–H and O–H groups in total. The maximum Gasteiger partial charge on any atom is 0.238 e. The zero-order valence-electron chi connectivity index (χ0n) is 20.1. The van der Waals surface area contributed by atoms with Crippen molar-refractivity contribution in [2.24, 2.45) is 5.14 Å². The third-order valence-electron chi connectivity index (χ3n) is 5.49. The topological polar surface area (TPSA) is 109 Å². The molecule has 176 valence electrons. The summed E-state index contributed by atoms with van der Waals surface area (Å²) >= 11 is 0. The minimum absolute atomic E-state index is 0.0182. The number of phenols is 1. The lowest BCUT2D eigenvalue weighted by Gasteiger charge is -2.28. The number of carbonyl (C=O) groups is 1. The molecule has 0 radical (unpaired) electrons. The first kappa shape index (κ1) is 25.9. The van der Waals surface area contributed by atoms with Crippen LogP contribution in [0.5, 0.6) is 5.75 Å². The zero-order chi connectivity index (χ0) is 24.5. The van der Waals surface area contributed by atoms with Crippen molar-refractivity contribution in [3.63, 3.8) is 0 Å². The average molecular weight is 461 g/mol. The summed E-state index contributed by atoms with van der Waals surface area (Å²) in [5.41, 5.74) is 2.94. The quantitative estimate of drug-likeness (QED) is 0.592. The Morgan fingerprint density at radius 2 is 1.56 bits per heavy atom. The minimum atomic E-state index is -3.80. The second-order valence-corrected chi connectivity index (χ2v) is 12.0. The summed E-state index contributed by atoms with van der Waals surface area (Å²) in [5.74, 6) is 0.183. The fourth-order valence-corrected chi connectivity index (χ4v) is 4.17. The van der Waals surface area contributed by atoms with Crippen LogP contribution < -0.4 is 10.5 Å². The highest BCUT2D eigenvalue weighted by molar-refractivity contribution is 7.89. The molecule has 0 saturated heterocycles. The monoisotopic (exact) mass is 460 g/mol. The Morgan fingerprint density at radius 1 is 1.03 bits per heavy atom. The molecule has 0 heterocycles. The molecule has 1 amide bonds. The normalized spacial score (nSPS) is 13.6. The Bertz CT molecular complexity index is 1060. The second-order valence-electron chi connectivity index (χ2n) is 10.4. The number of nitrogens with two attached hydrogens (primary N) is 1. The number of sulfonamides is 1. The van der Waals surface area contributed by atoms with Crippen molar-refractivity contribution in [3.8, 4) is 5.75 Å². The Balaban J connectivity index is 2.18. The Kier molecular flexibility index (Phi) is 7.47. The fourth-order valence-electron chi connectivity index (χ4n) is 3.60. The van der Waals surface area contributed by atoms with Crippen molar-refractivity contribution in [1.29, 1.82) is 0 Å². The first-order valence-electron chi connectivity index (χ1n) is 10.8. The molecule has 0 aliphatic heterocycles. The molecular formula is C25H36N2O4S. The first-order valence-corrected chi connectivity index (χ1v) is 12.3. The van der Waals surface area contributed by atoms with E-state index in [-0.39, 0.29) is 34.1 Å². The Hall–Kier alpha value is -2.38. The highest BCUT2D eigenvalue weighted by Gasteiger charge is 2.26. The van der Waals surface area contributed by atoms with Gasteiger partial charge in [-0.05, 0) is 58.6 Å². The summed E-state index contributed by atoms with van der Waals surface area (Å²) in [6.07, 6.45) is 0.805. The number of rotatable bonds is 6. The van der Waals surface area contributed by atoms with Gasteiger partial charge >= 0.3 is 0 Å². The van der Waals surface area contributed by atoms with E-state index in [1.807, 2.05) is 12.1 Å². The number of hydrogen-bond donors (Lipinski definition) is 3. The SMILES string of the molecule is C[C@H](NC(=O)CCc1cc(C(C)(C)C)c(O)c(C(C)(C)C)c1)c1cccc(S(N)(=O)=O)c1. The van der Waals surface area contributed by atoms with Gasteiger partial charge in [-0.2, -0.15) is 0 Å². The van der Waals surface area contributed by atoms with Crippen molar-refractivity contribution >= 4 is 15.9 Å². The highest BCUT2D eigenvalue weighted by atomic mass is 32.2. The molecule has 2 rings (SSSR count). The molecular weight excluding hydrogens is 424 g/mol. The van der Waals surface area contributed by atoms with Gasteiger partial charge < -0.3 is 10.4 Å². The van der Waals surface area contributed by atoms with Gasteiger partial charge in [0.25, 0.3) is 0 Å².